The molecule has 150 valence electrons. The average molecular weight is 367 g/mol. The molecule has 0 spiro atoms. The van der Waals surface area contributed by atoms with Gasteiger partial charge in [0.25, 0.3) is 0 Å². The predicted molar refractivity (Wildman–Crippen MR) is 107 cm³/mol. The van der Waals surface area contributed by atoms with Crippen molar-refractivity contribution in [2.45, 2.75) is 84.3 Å². The lowest BCUT2D eigenvalue weighted by Gasteiger charge is -2.33. The number of ether oxygens (including phenoxy) is 1. The summed E-state index contributed by atoms with van der Waals surface area (Å²) in [7, 11) is 0. The molecule has 0 radical (unpaired) electrons. The number of aliphatic imine (C=N–C) groups is 1. The van der Waals surface area contributed by atoms with Gasteiger partial charge in [0, 0.05) is 32.2 Å². The second-order valence-electron chi connectivity index (χ2n) is 8.61. The second-order valence-corrected chi connectivity index (χ2v) is 8.61. The minimum absolute atomic E-state index is 0.188. The molecule has 6 heteroatoms. The van der Waals surface area contributed by atoms with E-state index in [1.807, 2.05) is 25.7 Å². The molecule has 26 heavy (non-hydrogen) atoms. The molecule has 1 amide bonds. The number of carbonyl (C=O) groups excluding carboxylic acids is 1. The Balaban J connectivity index is 1.77. The Morgan fingerprint density at radius 2 is 1.77 bits per heavy atom. The van der Waals surface area contributed by atoms with Crippen LogP contribution in [0.1, 0.15) is 72.6 Å². The smallest absolute Gasteiger partial charge is 0.410 e. The van der Waals surface area contributed by atoms with Crippen molar-refractivity contribution in [2.75, 3.05) is 26.2 Å². The number of piperidine rings is 1. The summed E-state index contributed by atoms with van der Waals surface area (Å²) < 4.78 is 5.47. The predicted octanol–water partition coefficient (Wildman–Crippen LogP) is 3.52. The quantitative estimate of drug-likeness (QED) is 0.590. The highest BCUT2D eigenvalue weighted by atomic mass is 16.6. The van der Waals surface area contributed by atoms with Crippen molar-refractivity contribution < 1.29 is 9.53 Å². The van der Waals surface area contributed by atoms with Crippen LogP contribution in [0.2, 0.25) is 0 Å². The molecule has 1 aliphatic heterocycles. The molecule has 0 aromatic carbocycles. The zero-order valence-electron chi connectivity index (χ0n) is 17.1. The number of carbonyl (C=O) groups is 1. The third kappa shape index (κ3) is 7.42. The fourth-order valence-corrected chi connectivity index (χ4v) is 3.61. The molecule has 1 heterocycles. The number of amides is 1. The topological polar surface area (TPSA) is 66.0 Å². The monoisotopic (exact) mass is 366 g/mol. The van der Waals surface area contributed by atoms with Crippen LogP contribution in [-0.2, 0) is 4.74 Å². The van der Waals surface area contributed by atoms with E-state index >= 15 is 0 Å². The van der Waals surface area contributed by atoms with Crippen LogP contribution in [0.4, 0.5) is 4.79 Å². The van der Waals surface area contributed by atoms with E-state index in [9.17, 15) is 4.79 Å². The largest absolute Gasteiger partial charge is 0.444 e. The molecule has 1 saturated heterocycles. The lowest BCUT2D eigenvalue weighted by Crippen LogP contribution is -2.45. The maximum Gasteiger partial charge on any atom is 0.410 e. The summed E-state index contributed by atoms with van der Waals surface area (Å²) in [5.74, 6) is 1.49. The molecular weight excluding hydrogens is 328 g/mol. The highest BCUT2D eigenvalue weighted by Crippen LogP contribution is 2.20. The third-order valence-electron chi connectivity index (χ3n) is 5.06. The number of nitrogens with zero attached hydrogens (tertiary/aromatic N) is 2. The molecule has 2 fully saturated rings. The van der Waals surface area contributed by atoms with Gasteiger partial charge in [0.05, 0.1) is 0 Å². The number of guanidine groups is 1. The Labute approximate surface area is 159 Å². The minimum atomic E-state index is -0.427. The fraction of sp³-hybridized carbons (Fsp3) is 0.900. The summed E-state index contributed by atoms with van der Waals surface area (Å²) in [6, 6.07) is 0.565. The van der Waals surface area contributed by atoms with Crippen molar-refractivity contribution >= 4 is 12.1 Å². The minimum Gasteiger partial charge on any atom is -0.444 e. The van der Waals surface area contributed by atoms with Crippen LogP contribution < -0.4 is 10.6 Å². The molecule has 0 unspecified atom stereocenters. The molecule has 6 nitrogen and oxygen atoms in total. The van der Waals surface area contributed by atoms with Gasteiger partial charge in [-0.2, -0.15) is 0 Å². The van der Waals surface area contributed by atoms with Crippen LogP contribution in [-0.4, -0.2) is 54.8 Å². The first-order valence-electron chi connectivity index (χ1n) is 10.4. The first kappa shape index (κ1) is 20.8. The van der Waals surface area contributed by atoms with Crippen LogP contribution in [0.3, 0.4) is 0 Å². The van der Waals surface area contributed by atoms with Crippen LogP contribution in [0.15, 0.2) is 4.99 Å². The van der Waals surface area contributed by atoms with Gasteiger partial charge < -0.3 is 20.3 Å². The average Bonchev–Trinajstić information content (AvgIpc) is 2.60. The van der Waals surface area contributed by atoms with Gasteiger partial charge in [-0.05, 0) is 59.3 Å². The van der Waals surface area contributed by atoms with Crippen molar-refractivity contribution in [3.05, 3.63) is 0 Å². The molecule has 1 saturated carbocycles. The van der Waals surface area contributed by atoms with Gasteiger partial charge in [-0.1, -0.05) is 19.3 Å². The van der Waals surface area contributed by atoms with E-state index in [1.165, 1.54) is 32.1 Å². The van der Waals surface area contributed by atoms with Crippen molar-refractivity contribution in [2.24, 2.45) is 10.9 Å². The number of hydrogen-bond donors (Lipinski definition) is 2. The van der Waals surface area contributed by atoms with E-state index in [2.05, 4.69) is 17.6 Å². The molecule has 2 rings (SSSR count). The zero-order chi connectivity index (χ0) is 19.0. The fourth-order valence-electron chi connectivity index (χ4n) is 3.61. The molecule has 2 aliphatic rings. The second kappa shape index (κ2) is 10.0. The Hall–Kier alpha value is -1.46. The van der Waals surface area contributed by atoms with Crippen LogP contribution in [0, 0.1) is 5.92 Å². The van der Waals surface area contributed by atoms with Gasteiger partial charge in [-0.25, -0.2) is 4.79 Å². The SMILES string of the molecule is CCNC(=NCC1CCN(C(=O)OC(C)(C)C)CC1)NC1CCCCC1. The van der Waals surface area contributed by atoms with E-state index < -0.39 is 5.60 Å². The summed E-state index contributed by atoms with van der Waals surface area (Å²) in [4.78, 5) is 18.8. The third-order valence-corrected chi connectivity index (χ3v) is 5.06. The molecule has 1 aliphatic carbocycles. The highest BCUT2D eigenvalue weighted by Gasteiger charge is 2.26. The summed E-state index contributed by atoms with van der Waals surface area (Å²) in [5, 5.41) is 6.98. The number of likely N-dealkylation sites (tertiary alicyclic amines) is 1. The van der Waals surface area contributed by atoms with Gasteiger partial charge >= 0.3 is 6.09 Å². The highest BCUT2D eigenvalue weighted by molar-refractivity contribution is 5.80. The van der Waals surface area contributed by atoms with Crippen molar-refractivity contribution in [1.29, 1.82) is 0 Å². The number of hydrogen-bond acceptors (Lipinski definition) is 3. The number of nitrogens with one attached hydrogen (secondary N) is 2. The Bertz CT molecular complexity index is 459. The van der Waals surface area contributed by atoms with E-state index in [-0.39, 0.29) is 6.09 Å². The summed E-state index contributed by atoms with van der Waals surface area (Å²) in [6.07, 6.45) is 8.29. The summed E-state index contributed by atoms with van der Waals surface area (Å²) >= 11 is 0. The molecular formula is C20H38N4O2. The zero-order valence-corrected chi connectivity index (χ0v) is 17.1. The molecule has 0 atom stereocenters. The Kier molecular flexibility index (Phi) is 8.04. The molecule has 0 bridgehead atoms. The normalized spacial score (nSPS) is 20.8. The van der Waals surface area contributed by atoms with Crippen molar-refractivity contribution in [3.8, 4) is 0 Å². The van der Waals surface area contributed by atoms with Gasteiger partial charge in [-0.15, -0.1) is 0 Å². The summed E-state index contributed by atoms with van der Waals surface area (Å²) in [6.45, 7) is 11.1. The van der Waals surface area contributed by atoms with Gasteiger partial charge in [0.15, 0.2) is 5.96 Å². The van der Waals surface area contributed by atoms with Gasteiger partial charge in [0.1, 0.15) is 5.60 Å². The van der Waals surface area contributed by atoms with E-state index in [0.29, 0.717) is 12.0 Å². The van der Waals surface area contributed by atoms with Crippen LogP contribution >= 0.6 is 0 Å². The Morgan fingerprint density at radius 1 is 1.12 bits per heavy atom. The van der Waals surface area contributed by atoms with E-state index in [0.717, 1.165) is 45.0 Å². The Morgan fingerprint density at radius 3 is 2.35 bits per heavy atom. The maximum atomic E-state index is 12.1. The first-order chi connectivity index (χ1) is 12.4. The van der Waals surface area contributed by atoms with Gasteiger partial charge in [0.2, 0.25) is 0 Å². The lowest BCUT2D eigenvalue weighted by atomic mass is 9.95. The summed E-state index contributed by atoms with van der Waals surface area (Å²) in [5.41, 5.74) is -0.427. The number of rotatable bonds is 4. The van der Waals surface area contributed by atoms with E-state index in [4.69, 9.17) is 9.73 Å². The van der Waals surface area contributed by atoms with Crippen molar-refractivity contribution in [3.63, 3.8) is 0 Å². The van der Waals surface area contributed by atoms with Crippen LogP contribution in [0.5, 0.6) is 0 Å². The van der Waals surface area contributed by atoms with Gasteiger partial charge in [-0.3, -0.25) is 4.99 Å². The standard InChI is InChI=1S/C20H38N4O2/c1-5-21-18(23-17-9-7-6-8-10-17)22-15-16-11-13-24(14-12-16)19(25)26-20(2,3)4/h16-17H,5-15H2,1-4H3,(H2,21,22,23). The van der Waals surface area contributed by atoms with Crippen molar-refractivity contribution in [1.82, 2.24) is 15.5 Å². The van der Waals surface area contributed by atoms with Crippen LogP contribution in [0.25, 0.3) is 0 Å². The van der Waals surface area contributed by atoms with E-state index in [1.54, 1.807) is 0 Å². The first-order valence-corrected chi connectivity index (χ1v) is 10.4. The molecule has 0 aromatic rings. The molecule has 0 aromatic heterocycles. The maximum absolute atomic E-state index is 12.1. The molecule has 2 N–H and O–H groups in total. The lowest BCUT2D eigenvalue weighted by molar-refractivity contribution is 0.0187.